The Morgan fingerprint density at radius 1 is 0.727 bits per heavy atom. The fourth-order valence-electron chi connectivity index (χ4n) is 3.84. The summed E-state index contributed by atoms with van der Waals surface area (Å²) in [6.07, 6.45) is 10.8. The molecule has 0 radical (unpaired) electrons. The summed E-state index contributed by atoms with van der Waals surface area (Å²) in [6, 6.07) is 22.4. The van der Waals surface area contributed by atoms with Gasteiger partial charge in [0.1, 0.15) is 0 Å². The first kappa shape index (κ1) is 14.0. The molecule has 1 saturated heterocycles. The normalized spacial score (nSPS) is 24.6. The molecule has 2 aliphatic rings. The van der Waals surface area contributed by atoms with Crippen LogP contribution in [0.5, 0.6) is 0 Å². The number of hydrogen-bond acceptors (Lipinski definition) is 0. The second kappa shape index (κ2) is 6.23. The van der Waals surface area contributed by atoms with E-state index < -0.39 is 0 Å². The summed E-state index contributed by atoms with van der Waals surface area (Å²) < 4.78 is 0. The van der Waals surface area contributed by atoms with Crippen molar-refractivity contribution in [2.75, 3.05) is 0 Å². The van der Waals surface area contributed by atoms with Crippen LogP contribution in [0.3, 0.4) is 0 Å². The molecule has 0 amide bonds. The molecule has 0 nitrogen and oxygen atoms in total. The zero-order chi connectivity index (χ0) is 14.8. The molecule has 4 rings (SSSR count). The van der Waals surface area contributed by atoms with Crippen molar-refractivity contribution in [1.82, 2.24) is 0 Å². The molecular formula is C21H21P. The minimum Gasteiger partial charge on any atom is -0.0801 e. The van der Waals surface area contributed by atoms with Gasteiger partial charge in [0.05, 0.1) is 0 Å². The highest BCUT2D eigenvalue weighted by Crippen LogP contribution is 2.75. The summed E-state index contributed by atoms with van der Waals surface area (Å²) in [5, 5.41) is 1.69. The average Bonchev–Trinajstić information content (AvgIpc) is 3.25. The highest BCUT2D eigenvalue weighted by Gasteiger charge is 2.39. The quantitative estimate of drug-likeness (QED) is 0.561. The summed E-state index contributed by atoms with van der Waals surface area (Å²) in [7, 11) is -0.127. The number of benzene rings is 2. The topological polar surface area (TPSA) is 0 Å². The van der Waals surface area contributed by atoms with Gasteiger partial charge in [-0.25, -0.2) is 0 Å². The molecule has 1 aliphatic carbocycles. The van der Waals surface area contributed by atoms with E-state index in [0.29, 0.717) is 0 Å². The lowest BCUT2D eigenvalue weighted by Gasteiger charge is -2.28. The van der Waals surface area contributed by atoms with Gasteiger partial charge >= 0.3 is 0 Å². The van der Waals surface area contributed by atoms with E-state index in [-0.39, 0.29) is 7.92 Å². The van der Waals surface area contributed by atoms with Crippen molar-refractivity contribution in [2.45, 2.75) is 30.6 Å². The zero-order valence-corrected chi connectivity index (χ0v) is 13.6. The van der Waals surface area contributed by atoms with Gasteiger partial charge in [0.15, 0.2) is 0 Å². The summed E-state index contributed by atoms with van der Waals surface area (Å²) in [6.45, 7) is 0. The Morgan fingerprint density at radius 2 is 1.27 bits per heavy atom. The van der Waals surface area contributed by atoms with E-state index in [1.807, 2.05) is 0 Å². The third kappa shape index (κ3) is 2.57. The van der Waals surface area contributed by atoms with Crippen LogP contribution in [0.4, 0.5) is 0 Å². The Morgan fingerprint density at radius 3 is 1.73 bits per heavy atom. The maximum atomic E-state index is 2.39. The van der Waals surface area contributed by atoms with Crippen LogP contribution < -0.4 is 0 Å². The maximum Gasteiger partial charge on any atom is 0.00848 e. The lowest BCUT2D eigenvalue weighted by molar-refractivity contribution is 0.765. The van der Waals surface area contributed by atoms with Crippen molar-refractivity contribution in [1.29, 1.82) is 0 Å². The van der Waals surface area contributed by atoms with Gasteiger partial charge in [0, 0.05) is 11.3 Å². The molecule has 0 unspecified atom stereocenters. The molecule has 1 fully saturated rings. The molecule has 2 atom stereocenters. The van der Waals surface area contributed by atoms with Gasteiger partial charge < -0.3 is 0 Å². The van der Waals surface area contributed by atoms with Crippen LogP contribution in [0, 0.1) is 0 Å². The lowest BCUT2D eigenvalue weighted by atomic mass is 10.0. The van der Waals surface area contributed by atoms with Crippen molar-refractivity contribution in [3.8, 4) is 0 Å². The van der Waals surface area contributed by atoms with Crippen molar-refractivity contribution in [3.05, 3.63) is 95.3 Å². The molecule has 110 valence electrons. The minimum atomic E-state index is -0.127. The highest BCUT2D eigenvalue weighted by atomic mass is 31.1. The molecule has 0 saturated carbocycles. The van der Waals surface area contributed by atoms with Crippen LogP contribution >= 0.6 is 7.92 Å². The zero-order valence-electron chi connectivity index (χ0n) is 12.7. The molecule has 0 N–H and O–H groups in total. The Hall–Kier alpha value is -1.65. The van der Waals surface area contributed by atoms with Gasteiger partial charge in [-0.1, -0.05) is 86.8 Å². The first-order chi connectivity index (χ1) is 10.9. The van der Waals surface area contributed by atoms with Crippen LogP contribution in [0.1, 0.15) is 41.7 Å². The van der Waals surface area contributed by atoms with Crippen LogP contribution in [-0.2, 0) is 0 Å². The standard InChI is InChI=1S/C21H21P/c1-3-9-17(10-4-1)20-15-16-21(18-11-5-2-6-12-18)22(20)19-13-7-8-14-19/h1-13,20-21H,14-16H2/t20-,21-/m0/s1. The average molecular weight is 304 g/mol. The van der Waals surface area contributed by atoms with Crippen molar-refractivity contribution in [3.63, 3.8) is 0 Å². The Kier molecular flexibility index (Phi) is 3.95. The third-order valence-electron chi connectivity index (χ3n) is 4.84. The van der Waals surface area contributed by atoms with Gasteiger partial charge in [0.2, 0.25) is 0 Å². The van der Waals surface area contributed by atoms with E-state index in [4.69, 9.17) is 0 Å². The maximum absolute atomic E-state index is 2.39. The molecule has 0 spiro atoms. The van der Waals surface area contributed by atoms with Gasteiger partial charge in [-0.15, -0.1) is 0 Å². The number of allylic oxidation sites excluding steroid dienone is 4. The molecule has 1 aliphatic heterocycles. The van der Waals surface area contributed by atoms with Crippen LogP contribution in [0.2, 0.25) is 0 Å². The summed E-state index contributed by atoms with van der Waals surface area (Å²) >= 11 is 0. The molecular weight excluding hydrogens is 283 g/mol. The van der Waals surface area contributed by atoms with E-state index in [1.54, 1.807) is 16.4 Å². The van der Waals surface area contributed by atoms with Crippen molar-refractivity contribution in [2.24, 2.45) is 0 Å². The van der Waals surface area contributed by atoms with E-state index in [9.17, 15) is 0 Å². The molecule has 2 aromatic rings. The summed E-state index contributed by atoms with van der Waals surface area (Å²) in [5.74, 6) is 0. The lowest BCUT2D eigenvalue weighted by Crippen LogP contribution is -1.96. The van der Waals surface area contributed by atoms with E-state index in [1.165, 1.54) is 19.3 Å². The fraction of sp³-hybridized carbons (Fsp3) is 0.238. The Bertz CT molecular complexity index is 637. The smallest absolute Gasteiger partial charge is 0.00848 e. The first-order valence-corrected chi connectivity index (χ1v) is 9.65. The van der Waals surface area contributed by atoms with Crippen molar-refractivity contribution < 1.29 is 0 Å². The molecule has 1 heteroatoms. The van der Waals surface area contributed by atoms with Crippen LogP contribution in [-0.4, -0.2) is 0 Å². The summed E-state index contributed by atoms with van der Waals surface area (Å²) in [4.78, 5) is 0. The third-order valence-corrected chi connectivity index (χ3v) is 8.29. The Balaban J connectivity index is 1.71. The van der Waals surface area contributed by atoms with Gasteiger partial charge in [-0.3, -0.25) is 0 Å². The van der Waals surface area contributed by atoms with Crippen molar-refractivity contribution >= 4 is 7.92 Å². The Labute approximate surface area is 134 Å². The minimum absolute atomic E-state index is 0.127. The number of rotatable bonds is 3. The van der Waals surface area contributed by atoms with Crippen LogP contribution in [0.25, 0.3) is 0 Å². The van der Waals surface area contributed by atoms with E-state index in [2.05, 4.69) is 78.9 Å². The highest BCUT2D eigenvalue weighted by molar-refractivity contribution is 7.63. The van der Waals surface area contributed by atoms with Gasteiger partial charge in [-0.2, -0.15) is 0 Å². The van der Waals surface area contributed by atoms with Crippen LogP contribution in [0.15, 0.2) is 84.2 Å². The molecule has 2 aromatic carbocycles. The summed E-state index contributed by atoms with van der Waals surface area (Å²) in [5.41, 5.74) is 4.54. The fourth-order valence-corrected chi connectivity index (χ4v) is 7.49. The van der Waals surface area contributed by atoms with Gasteiger partial charge in [-0.05, 0) is 35.7 Å². The van der Waals surface area contributed by atoms with Gasteiger partial charge in [0.25, 0.3) is 0 Å². The predicted molar refractivity (Wildman–Crippen MR) is 96.4 cm³/mol. The monoisotopic (exact) mass is 304 g/mol. The van der Waals surface area contributed by atoms with E-state index in [0.717, 1.165) is 11.3 Å². The molecule has 0 aromatic heterocycles. The number of hydrogen-bond donors (Lipinski definition) is 0. The molecule has 0 bridgehead atoms. The molecule has 1 heterocycles. The largest absolute Gasteiger partial charge is 0.0801 e. The first-order valence-electron chi connectivity index (χ1n) is 8.17. The predicted octanol–water partition coefficient (Wildman–Crippen LogP) is 6.59. The molecule has 22 heavy (non-hydrogen) atoms. The van der Waals surface area contributed by atoms with E-state index >= 15 is 0 Å². The second-order valence-electron chi connectivity index (χ2n) is 6.13. The SMILES string of the molecule is C1=CCC(P2[C@H](c3ccccc3)CC[C@H]2c2ccccc2)=C1. The second-order valence-corrected chi connectivity index (χ2v) is 8.76.